The van der Waals surface area contributed by atoms with Crippen LogP contribution in [0, 0.1) is 11.3 Å². The fraction of sp³-hybridized carbons (Fsp3) is 0.462. The number of carboxylic acid groups (broad SMARTS) is 1. The van der Waals surface area contributed by atoms with Gasteiger partial charge in [-0.05, 0) is 23.1 Å². The zero-order chi connectivity index (χ0) is 11.9. The molecule has 3 heteroatoms. The molecule has 0 unspecified atom stereocenters. The van der Waals surface area contributed by atoms with E-state index in [4.69, 9.17) is 9.84 Å². The summed E-state index contributed by atoms with van der Waals surface area (Å²) in [4.78, 5) is 11.1. The zero-order valence-corrected chi connectivity index (χ0v) is 9.73. The van der Waals surface area contributed by atoms with E-state index in [-0.39, 0.29) is 17.3 Å². The second kappa shape index (κ2) is 3.51. The molecule has 1 aromatic carbocycles. The topological polar surface area (TPSA) is 46.5 Å². The van der Waals surface area contributed by atoms with Crippen molar-refractivity contribution in [3.8, 4) is 5.75 Å². The maximum absolute atomic E-state index is 11.1. The first-order chi connectivity index (χ1) is 7.48. The summed E-state index contributed by atoms with van der Waals surface area (Å²) in [6.45, 7) is 4.00. The predicted molar refractivity (Wildman–Crippen MR) is 60.6 cm³/mol. The molecule has 2 atom stereocenters. The molecule has 2 rings (SSSR count). The fourth-order valence-corrected chi connectivity index (χ4v) is 2.53. The highest BCUT2D eigenvalue weighted by Gasteiger charge is 2.62. The Labute approximate surface area is 95.0 Å². The molecule has 1 aliphatic carbocycles. The minimum Gasteiger partial charge on any atom is -0.497 e. The minimum atomic E-state index is -0.703. The van der Waals surface area contributed by atoms with Gasteiger partial charge in [-0.15, -0.1) is 0 Å². The average molecular weight is 220 g/mol. The monoisotopic (exact) mass is 220 g/mol. The van der Waals surface area contributed by atoms with Crippen molar-refractivity contribution < 1.29 is 14.6 Å². The molecule has 0 saturated heterocycles. The number of benzene rings is 1. The third-order valence-electron chi connectivity index (χ3n) is 3.57. The van der Waals surface area contributed by atoms with Crippen molar-refractivity contribution in [1.82, 2.24) is 0 Å². The quantitative estimate of drug-likeness (QED) is 0.851. The summed E-state index contributed by atoms with van der Waals surface area (Å²) in [6.07, 6.45) is 0. The van der Waals surface area contributed by atoms with E-state index >= 15 is 0 Å². The van der Waals surface area contributed by atoms with E-state index in [2.05, 4.69) is 0 Å². The van der Waals surface area contributed by atoms with Gasteiger partial charge in [-0.3, -0.25) is 4.79 Å². The molecule has 0 bridgehead atoms. The van der Waals surface area contributed by atoms with Crippen LogP contribution in [0.1, 0.15) is 25.3 Å². The third-order valence-corrected chi connectivity index (χ3v) is 3.57. The molecule has 1 saturated carbocycles. The Morgan fingerprint density at radius 3 is 2.25 bits per heavy atom. The van der Waals surface area contributed by atoms with Crippen LogP contribution in [0.3, 0.4) is 0 Å². The molecule has 1 aliphatic rings. The third kappa shape index (κ3) is 1.56. The molecule has 1 N–H and O–H groups in total. The number of aliphatic carboxylic acids is 1. The van der Waals surface area contributed by atoms with E-state index < -0.39 is 5.97 Å². The lowest BCUT2D eigenvalue weighted by Crippen LogP contribution is -2.03. The highest BCUT2D eigenvalue weighted by molar-refractivity contribution is 5.77. The molecular weight excluding hydrogens is 204 g/mol. The van der Waals surface area contributed by atoms with E-state index in [0.717, 1.165) is 11.3 Å². The van der Waals surface area contributed by atoms with Crippen molar-refractivity contribution in [2.24, 2.45) is 11.3 Å². The van der Waals surface area contributed by atoms with Crippen molar-refractivity contribution >= 4 is 5.97 Å². The highest BCUT2D eigenvalue weighted by atomic mass is 16.5. The van der Waals surface area contributed by atoms with Crippen molar-refractivity contribution in [3.05, 3.63) is 29.8 Å². The van der Waals surface area contributed by atoms with E-state index in [1.807, 2.05) is 38.1 Å². The highest BCUT2D eigenvalue weighted by Crippen LogP contribution is 2.64. The van der Waals surface area contributed by atoms with Crippen LogP contribution in [-0.2, 0) is 4.79 Å². The number of carboxylic acids is 1. The van der Waals surface area contributed by atoms with Crippen LogP contribution in [-0.4, -0.2) is 18.2 Å². The molecule has 86 valence electrons. The number of rotatable bonds is 3. The molecule has 1 aromatic rings. The van der Waals surface area contributed by atoms with Crippen LogP contribution in [0.2, 0.25) is 0 Å². The van der Waals surface area contributed by atoms with Gasteiger partial charge < -0.3 is 9.84 Å². The summed E-state index contributed by atoms with van der Waals surface area (Å²) in [6, 6.07) is 7.66. The Morgan fingerprint density at radius 1 is 1.31 bits per heavy atom. The SMILES string of the molecule is COc1ccc([C@H]2[C@H](C(=O)O)C2(C)C)cc1. The Bertz CT molecular complexity index is 406. The van der Waals surface area contributed by atoms with Gasteiger partial charge in [0.15, 0.2) is 0 Å². The first kappa shape index (κ1) is 11.0. The summed E-state index contributed by atoms with van der Waals surface area (Å²) in [5.74, 6) is -0.0447. The molecule has 1 fully saturated rings. The molecule has 16 heavy (non-hydrogen) atoms. The Morgan fingerprint density at radius 2 is 1.88 bits per heavy atom. The molecular formula is C13H16O3. The van der Waals surface area contributed by atoms with E-state index in [1.54, 1.807) is 7.11 Å². The van der Waals surface area contributed by atoms with Crippen LogP contribution >= 0.6 is 0 Å². The van der Waals surface area contributed by atoms with Gasteiger partial charge in [-0.25, -0.2) is 0 Å². The largest absolute Gasteiger partial charge is 0.497 e. The van der Waals surface area contributed by atoms with Gasteiger partial charge in [0.05, 0.1) is 13.0 Å². The van der Waals surface area contributed by atoms with Crippen molar-refractivity contribution in [2.45, 2.75) is 19.8 Å². The van der Waals surface area contributed by atoms with Gasteiger partial charge in [0.2, 0.25) is 0 Å². The van der Waals surface area contributed by atoms with Crippen molar-refractivity contribution in [3.63, 3.8) is 0 Å². The van der Waals surface area contributed by atoms with Gasteiger partial charge in [-0.1, -0.05) is 26.0 Å². The summed E-state index contributed by atoms with van der Waals surface area (Å²) in [5, 5.41) is 9.10. The maximum atomic E-state index is 11.1. The molecule has 0 spiro atoms. The number of hydrogen-bond acceptors (Lipinski definition) is 2. The van der Waals surface area contributed by atoms with Gasteiger partial charge in [0.25, 0.3) is 0 Å². The predicted octanol–water partition coefficient (Wildman–Crippen LogP) is 2.52. The van der Waals surface area contributed by atoms with Crippen LogP contribution in [0.25, 0.3) is 0 Å². The minimum absolute atomic E-state index is 0.121. The Kier molecular flexibility index (Phi) is 2.41. The smallest absolute Gasteiger partial charge is 0.307 e. The van der Waals surface area contributed by atoms with Gasteiger partial charge in [0, 0.05) is 5.92 Å². The number of ether oxygens (including phenoxy) is 1. The summed E-state index contributed by atoms with van der Waals surface area (Å²) in [5.41, 5.74) is 0.943. The lowest BCUT2D eigenvalue weighted by molar-refractivity contribution is -0.139. The fourth-order valence-electron chi connectivity index (χ4n) is 2.53. The average Bonchev–Trinajstić information content (AvgIpc) is 2.82. The van der Waals surface area contributed by atoms with Crippen molar-refractivity contribution in [1.29, 1.82) is 0 Å². The second-order valence-electron chi connectivity index (χ2n) is 4.89. The second-order valence-corrected chi connectivity index (χ2v) is 4.89. The molecule has 0 heterocycles. The number of hydrogen-bond donors (Lipinski definition) is 1. The lowest BCUT2D eigenvalue weighted by atomic mass is 10.0. The first-order valence-electron chi connectivity index (χ1n) is 5.35. The zero-order valence-electron chi connectivity index (χ0n) is 9.73. The van der Waals surface area contributed by atoms with Gasteiger partial charge >= 0.3 is 5.97 Å². The van der Waals surface area contributed by atoms with Crippen molar-refractivity contribution in [2.75, 3.05) is 7.11 Å². The standard InChI is InChI=1S/C13H16O3/c1-13(2)10(11(13)12(14)15)8-4-6-9(16-3)7-5-8/h4-7,10-11H,1-3H3,(H,14,15)/t10-,11+/m0/s1. The molecule has 3 nitrogen and oxygen atoms in total. The molecule has 0 radical (unpaired) electrons. The van der Waals surface area contributed by atoms with Gasteiger partial charge in [-0.2, -0.15) is 0 Å². The normalized spacial score (nSPS) is 26.2. The number of methoxy groups -OCH3 is 1. The van der Waals surface area contributed by atoms with Crippen LogP contribution in [0.4, 0.5) is 0 Å². The van der Waals surface area contributed by atoms with Gasteiger partial charge in [0.1, 0.15) is 5.75 Å². The van der Waals surface area contributed by atoms with Crippen LogP contribution < -0.4 is 4.74 Å². The maximum Gasteiger partial charge on any atom is 0.307 e. The summed E-state index contributed by atoms with van der Waals surface area (Å²) >= 11 is 0. The Balaban J connectivity index is 2.23. The summed E-state index contributed by atoms with van der Waals surface area (Å²) < 4.78 is 5.08. The Hall–Kier alpha value is -1.51. The van der Waals surface area contributed by atoms with E-state index in [9.17, 15) is 4.79 Å². The molecule has 0 aliphatic heterocycles. The van der Waals surface area contributed by atoms with Crippen LogP contribution in [0.5, 0.6) is 5.75 Å². The molecule has 0 aromatic heterocycles. The number of carbonyl (C=O) groups is 1. The van der Waals surface area contributed by atoms with Crippen LogP contribution in [0.15, 0.2) is 24.3 Å². The van der Waals surface area contributed by atoms with E-state index in [0.29, 0.717) is 0 Å². The lowest BCUT2D eigenvalue weighted by Gasteiger charge is -2.04. The molecule has 0 amide bonds. The van der Waals surface area contributed by atoms with E-state index in [1.165, 1.54) is 0 Å². The first-order valence-corrected chi connectivity index (χ1v) is 5.35. The summed E-state index contributed by atoms with van der Waals surface area (Å²) in [7, 11) is 1.62.